The van der Waals surface area contributed by atoms with Gasteiger partial charge < -0.3 is 4.98 Å². The third-order valence-electron chi connectivity index (χ3n) is 3.19. The zero-order valence-electron chi connectivity index (χ0n) is 10.0. The molecule has 0 saturated heterocycles. The molecule has 0 amide bonds. The van der Waals surface area contributed by atoms with Crippen molar-refractivity contribution in [2.45, 2.75) is 0 Å². The lowest BCUT2D eigenvalue weighted by atomic mass is 10.2. The first-order chi connectivity index (χ1) is 9.75. The quantitative estimate of drug-likeness (QED) is 0.460. The van der Waals surface area contributed by atoms with E-state index in [4.69, 9.17) is 0 Å². The summed E-state index contributed by atoms with van der Waals surface area (Å²) >= 11 is 0. The molecule has 20 heavy (non-hydrogen) atoms. The molecule has 0 fully saturated rings. The van der Waals surface area contributed by atoms with Crippen LogP contribution in [-0.2, 0) is 0 Å². The number of hydrogen-bond donors (Lipinski definition) is 3. The van der Waals surface area contributed by atoms with E-state index in [1.807, 2.05) is 0 Å². The van der Waals surface area contributed by atoms with E-state index in [-0.39, 0.29) is 0 Å². The predicted molar refractivity (Wildman–Crippen MR) is 72.0 cm³/mol. The van der Waals surface area contributed by atoms with E-state index >= 15 is 0 Å². The van der Waals surface area contributed by atoms with Crippen molar-refractivity contribution >= 4 is 21.9 Å². The van der Waals surface area contributed by atoms with Gasteiger partial charge >= 0.3 is 5.69 Å². The first-order valence-corrected chi connectivity index (χ1v) is 5.86. The van der Waals surface area contributed by atoms with Gasteiger partial charge in [-0.2, -0.15) is 5.10 Å². The van der Waals surface area contributed by atoms with Gasteiger partial charge in [0.1, 0.15) is 5.65 Å². The number of rotatable bonds is 1. The lowest BCUT2D eigenvalue weighted by Crippen LogP contribution is -2.29. The van der Waals surface area contributed by atoms with Crippen LogP contribution in [0.25, 0.3) is 27.6 Å². The zero-order valence-corrected chi connectivity index (χ0v) is 10.0. The fraction of sp³-hybridized carbons (Fsp3) is 0. The highest BCUT2D eigenvalue weighted by molar-refractivity contribution is 6.02. The number of nitrogens with zero attached hydrogens (tertiary/aromatic N) is 3. The summed E-state index contributed by atoms with van der Waals surface area (Å²) in [7, 11) is 0. The van der Waals surface area contributed by atoms with Gasteiger partial charge in [0.15, 0.2) is 0 Å². The second kappa shape index (κ2) is 3.67. The standard InChI is InChI=1S/C12H8N6O2/c19-11-8-5-14-10-7(1-2-13-10)9(8)18(12(20)17-11)6-3-15-16-4-6/h1-5H,(H,13,14)(H,15,16)(H,17,19,20). The van der Waals surface area contributed by atoms with E-state index < -0.39 is 11.2 Å². The molecule has 4 heterocycles. The maximum absolute atomic E-state index is 12.2. The summed E-state index contributed by atoms with van der Waals surface area (Å²) in [5.41, 5.74) is 0.689. The van der Waals surface area contributed by atoms with Gasteiger partial charge in [0.25, 0.3) is 5.56 Å². The van der Waals surface area contributed by atoms with Crippen LogP contribution in [0.5, 0.6) is 0 Å². The molecule has 0 unspecified atom stereocenters. The first-order valence-electron chi connectivity index (χ1n) is 5.86. The highest BCUT2D eigenvalue weighted by atomic mass is 16.2. The SMILES string of the molecule is O=c1[nH]c(=O)n(-c2cn[nH]c2)c2c1cnc1[nH]ccc12. The minimum Gasteiger partial charge on any atom is -0.346 e. The molecule has 8 heteroatoms. The van der Waals surface area contributed by atoms with Gasteiger partial charge in [-0.25, -0.2) is 9.78 Å². The number of H-pyrrole nitrogens is 3. The van der Waals surface area contributed by atoms with Crippen LogP contribution in [0.2, 0.25) is 0 Å². The van der Waals surface area contributed by atoms with Crippen LogP contribution in [-0.4, -0.2) is 29.7 Å². The number of pyridine rings is 1. The van der Waals surface area contributed by atoms with Crippen molar-refractivity contribution < 1.29 is 0 Å². The highest BCUT2D eigenvalue weighted by Crippen LogP contribution is 2.21. The number of hydrogen-bond acceptors (Lipinski definition) is 4. The Hall–Kier alpha value is -3.16. The van der Waals surface area contributed by atoms with Crippen LogP contribution in [0.3, 0.4) is 0 Å². The molecule has 4 aromatic heterocycles. The van der Waals surface area contributed by atoms with Crippen molar-refractivity contribution in [1.82, 2.24) is 29.7 Å². The number of fused-ring (bicyclic) bond motifs is 3. The molecule has 0 aromatic carbocycles. The second-order valence-corrected chi connectivity index (χ2v) is 4.31. The lowest BCUT2D eigenvalue weighted by Gasteiger charge is -2.07. The summed E-state index contributed by atoms with van der Waals surface area (Å²) in [6.45, 7) is 0. The van der Waals surface area contributed by atoms with Crippen molar-refractivity contribution in [3.8, 4) is 5.69 Å². The lowest BCUT2D eigenvalue weighted by molar-refractivity contribution is 0.946. The molecule has 8 nitrogen and oxygen atoms in total. The Bertz CT molecular complexity index is 1040. The summed E-state index contributed by atoms with van der Waals surface area (Å²) in [6, 6.07) is 1.78. The Morgan fingerprint density at radius 1 is 1.15 bits per heavy atom. The van der Waals surface area contributed by atoms with Crippen LogP contribution in [0, 0.1) is 0 Å². The predicted octanol–water partition coefficient (Wildman–Crippen LogP) is 0.278. The highest BCUT2D eigenvalue weighted by Gasteiger charge is 2.14. The monoisotopic (exact) mass is 268 g/mol. The van der Waals surface area contributed by atoms with Crippen molar-refractivity contribution in [3.05, 3.63) is 51.7 Å². The van der Waals surface area contributed by atoms with E-state index in [9.17, 15) is 9.59 Å². The zero-order chi connectivity index (χ0) is 13.7. The van der Waals surface area contributed by atoms with Crippen LogP contribution in [0.1, 0.15) is 0 Å². The molecule has 0 aliphatic heterocycles. The van der Waals surface area contributed by atoms with E-state index in [0.717, 1.165) is 0 Å². The Kier molecular flexibility index (Phi) is 1.97. The summed E-state index contributed by atoms with van der Waals surface area (Å²) in [5, 5.41) is 7.53. The average Bonchev–Trinajstić information content (AvgIpc) is 3.09. The minimum atomic E-state index is -0.516. The average molecular weight is 268 g/mol. The molecule has 0 saturated carbocycles. The van der Waals surface area contributed by atoms with Crippen molar-refractivity contribution in [1.29, 1.82) is 0 Å². The molecule has 0 radical (unpaired) electrons. The second-order valence-electron chi connectivity index (χ2n) is 4.31. The molecule has 4 rings (SSSR count). The number of aromatic nitrogens is 6. The summed E-state index contributed by atoms with van der Waals surface area (Å²) in [4.78, 5) is 33.5. The van der Waals surface area contributed by atoms with Gasteiger partial charge in [0.2, 0.25) is 0 Å². The van der Waals surface area contributed by atoms with Crippen molar-refractivity contribution in [2.75, 3.05) is 0 Å². The Morgan fingerprint density at radius 3 is 2.85 bits per heavy atom. The Balaban J connectivity index is 2.36. The van der Waals surface area contributed by atoms with Gasteiger partial charge in [0, 0.05) is 24.0 Å². The molecule has 4 aromatic rings. The fourth-order valence-electron chi connectivity index (χ4n) is 2.34. The van der Waals surface area contributed by atoms with E-state index in [2.05, 4.69) is 25.1 Å². The summed E-state index contributed by atoms with van der Waals surface area (Å²) < 4.78 is 1.40. The third kappa shape index (κ3) is 1.30. The van der Waals surface area contributed by atoms with E-state index in [1.54, 1.807) is 18.5 Å². The first kappa shape index (κ1) is 10.7. The molecule has 0 aliphatic carbocycles. The molecule has 3 N–H and O–H groups in total. The summed E-state index contributed by atoms with van der Waals surface area (Å²) in [6.07, 6.45) is 6.25. The molecule has 0 bridgehead atoms. The smallest absolute Gasteiger partial charge is 0.333 e. The maximum Gasteiger partial charge on any atom is 0.333 e. The minimum absolute atomic E-state index is 0.345. The van der Waals surface area contributed by atoms with Gasteiger partial charge in [0.05, 0.1) is 22.8 Å². The molecule has 0 spiro atoms. The normalized spacial score (nSPS) is 11.4. The van der Waals surface area contributed by atoms with Crippen molar-refractivity contribution in [2.24, 2.45) is 0 Å². The van der Waals surface area contributed by atoms with Gasteiger partial charge in [-0.05, 0) is 6.07 Å². The van der Waals surface area contributed by atoms with Gasteiger partial charge in [-0.15, -0.1) is 0 Å². The topological polar surface area (TPSA) is 112 Å². The molecule has 0 atom stereocenters. The van der Waals surface area contributed by atoms with Crippen LogP contribution in [0.15, 0.2) is 40.4 Å². The molecular formula is C12H8N6O2. The van der Waals surface area contributed by atoms with Gasteiger partial charge in [-0.3, -0.25) is 19.4 Å². The molecule has 98 valence electrons. The number of nitrogens with one attached hydrogen (secondary N) is 3. The third-order valence-corrected chi connectivity index (χ3v) is 3.19. The summed E-state index contributed by atoms with van der Waals surface area (Å²) in [5.74, 6) is 0. The van der Waals surface area contributed by atoms with Gasteiger partial charge in [-0.1, -0.05) is 0 Å². The Labute approximate surface area is 110 Å². The van der Waals surface area contributed by atoms with E-state index in [0.29, 0.717) is 27.6 Å². The fourth-order valence-corrected chi connectivity index (χ4v) is 2.34. The molecular weight excluding hydrogens is 260 g/mol. The van der Waals surface area contributed by atoms with Crippen LogP contribution in [0.4, 0.5) is 0 Å². The Morgan fingerprint density at radius 2 is 2.05 bits per heavy atom. The number of aromatic amines is 3. The van der Waals surface area contributed by atoms with Crippen LogP contribution >= 0.6 is 0 Å². The largest absolute Gasteiger partial charge is 0.346 e. The van der Waals surface area contributed by atoms with E-state index in [1.165, 1.54) is 17.0 Å². The maximum atomic E-state index is 12.2. The molecule has 0 aliphatic rings. The van der Waals surface area contributed by atoms with Crippen molar-refractivity contribution in [3.63, 3.8) is 0 Å². The van der Waals surface area contributed by atoms with Crippen LogP contribution < -0.4 is 11.2 Å².